The lowest BCUT2D eigenvalue weighted by Gasteiger charge is -2.13. The van der Waals surface area contributed by atoms with Gasteiger partial charge in [0.2, 0.25) is 0 Å². The van der Waals surface area contributed by atoms with E-state index < -0.39 is 0 Å². The largest absolute Gasteiger partial charge is 0.497 e. The molecule has 0 aliphatic carbocycles. The predicted octanol–water partition coefficient (Wildman–Crippen LogP) is 5.29. The van der Waals surface area contributed by atoms with Crippen molar-refractivity contribution >= 4 is 0 Å². The Morgan fingerprint density at radius 3 is 1.93 bits per heavy atom. The highest BCUT2D eigenvalue weighted by Gasteiger charge is 2.17. The maximum atomic E-state index is 5.47. The van der Waals surface area contributed by atoms with Gasteiger partial charge in [-0.1, -0.05) is 30.3 Å². The van der Waals surface area contributed by atoms with Crippen molar-refractivity contribution in [3.63, 3.8) is 0 Å². The third kappa shape index (κ3) is 4.01. The van der Waals surface area contributed by atoms with Crippen LogP contribution in [-0.2, 0) is 6.54 Å². The molecule has 0 radical (unpaired) electrons. The van der Waals surface area contributed by atoms with Gasteiger partial charge in [0, 0.05) is 23.7 Å². The van der Waals surface area contributed by atoms with Gasteiger partial charge < -0.3 is 18.8 Å². The highest BCUT2D eigenvalue weighted by atomic mass is 16.5. The minimum absolute atomic E-state index is 0.719. The molecule has 0 aliphatic heterocycles. The molecule has 0 aliphatic rings. The second-order valence-electron chi connectivity index (χ2n) is 6.89. The lowest BCUT2D eigenvalue weighted by atomic mass is 10.0. The van der Waals surface area contributed by atoms with Crippen LogP contribution < -0.4 is 14.2 Å². The number of imidazole rings is 1. The van der Waals surface area contributed by atoms with Gasteiger partial charge in [0.1, 0.15) is 17.2 Å². The standard InChI is InChI=1S/C25H24N2O3/c1-28-21-11-9-19(10-12-21)25-24(20-13-22(29-2)15-23(14-20)30-3)26-17-27(25)16-18-7-5-4-6-8-18/h4-15,17H,16H2,1-3H3. The third-order valence-corrected chi connectivity index (χ3v) is 5.02. The predicted molar refractivity (Wildman–Crippen MR) is 118 cm³/mol. The number of methoxy groups -OCH3 is 3. The zero-order valence-electron chi connectivity index (χ0n) is 17.3. The Kier molecular flexibility index (Phi) is 5.70. The number of hydrogen-bond donors (Lipinski definition) is 0. The molecule has 3 aromatic carbocycles. The molecule has 0 N–H and O–H groups in total. The van der Waals surface area contributed by atoms with Gasteiger partial charge >= 0.3 is 0 Å². The van der Waals surface area contributed by atoms with Gasteiger partial charge in [0.05, 0.1) is 39.0 Å². The van der Waals surface area contributed by atoms with E-state index in [9.17, 15) is 0 Å². The summed E-state index contributed by atoms with van der Waals surface area (Å²) in [6.07, 6.45) is 1.88. The molecule has 4 rings (SSSR count). The molecule has 0 atom stereocenters. The molecule has 30 heavy (non-hydrogen) atoms. The van der Waals surface area contributed by atoms with Crippen LogP contribution in [-0.4, -0.2) is 30.9 Å². The van der Waals surface area contributed by atoms with E-state index in [4.69, 9.17) is 19.2 Å². The summed E-state index contributed by atoms with van der Waals surface area (Å²) in [4.78, 5) is 4.77. The van der Waals surface area contributed by atoms with E-state index in [-0.39, 0.29) is 0 Å². The molecule has 5 heteroatoms. The van der Waals surface area contributed by atoms with Crippen LogP contribution in [0.4, 0.5) is 0 Å². The van der Waals surface area contributed by atoms with Crippen molar-refractivity contribution in [1.82, 2.24) is 9.55 Å². The van der Waals surface area contributed by atoms with Crippen molar-refractivity contribution in [2.24, 2.45) is 0 Å². The van der Waals surface area contributed by atoms with Crippen molar-refractivity contribution in [3.8, 4) is 39.8 Å². The van der Waals surface area contributed by atoms with E-state index in [0.29, 0.717) is 0 Å². The average Bonchev–Trinajstić information content (AvgIpc) is 3.22. The summed E-state index contributed by atoms with van der Waals surface area (Å²) in [5.41, 5.74) is 5.09. The second kappa shape index (κ2) is 8.74. The number of aromatic nitrogens is 2. The summed E-state index contributed by atoms with van der Waals surface area (Å²) < 4.78 is 18.4. The van der Waals surface area contributed by atoms with Crippen molar-refractivity contribution in [2.75, 3.05) is 21.3 Å². The fourth-order valence-electron chi connectivity index (χ4n) is 3.49. The number of ether oxygens (including phenoxy) is 3. The van der Waals surface area contributed by atoms with E-state index >= 15 is 0 Å². The molecule has 1 aromatic heterocycles. The van der Waals surface area contributed by atoms with Crippen molar-refractivity contribution in [2.45, 2.75) is 6.54 Å². The molecule has 1 heterocycles. The summed E-state index contributed by atoms with van der Waals surface area (Å²) in [7, 11) is 4.97. The van der Waals surface area contributed by atoms with Crippen LogP contribution in [0.2, 0.25) is 0 Å². The highest BCUT2D eigenvalue weighted by Crippen LogP contribution is 2.36. The van der Waals surface area contributed by atoms with Gasteiger partial charge in [0.25, 0.3) is 0 Å². The first-order chi connectivity index (χ1) is 14.7. The summed E-state index contributed by atoms with van der Waals surface area (Å²) >= 11 is 0. The smallest absolute Gasteiger partial charge is 0.123 e. The Bertz CT molecular complexity index is 1100. The van der Waals surface area contributed by atoms with Crippen LogP contribution in [0.15, 0.2) is 79.1 Å². The quantitative estimate of drug-likeness (QED) is 0.423. The Hall–Kier alpha value is -3.73. The summed E-state index contributed by atoms with van der Waals surface area (Å²) in [6.45, 7) is 0.719. The van der Waals surface area contributed by atoms with E-state index in [2.05, 4.69) is 28.8 Å². The van der Waals surface area contributed by atoms with Crippen molar-refractivity contribution in [1.29, 1.82) is 0 Å². The Morgan fingerprint density at radius 1 is 0.700 bits per heavy atom. The molecule has 0 amide bonds. The topological polar surface area (TPSA) is 45.5 Å². The Balaban J connectivity index is 1.86. The SMILES string of the molecule is COc1ccc(-c2c(-c3cc(OC)cc(OC)c3)ncn2Cc2ccccc2)cc1. The number of rotatable bonds is 7. The van der Waals surface area contributed by atoms with E-state index in [0.717, 1.165) is 46.3 Å². The molecule has 0 saturated heterocycles. The molecule has 0 saturated carbocycles. The molecule has 152 valence electrons. The van der Waals surface area contributed by atoms with Crippen LogP contribution in [0.1, 0.15) is 5.56 Å². The van der Waals surface area contributed by atoms with Gasteiger partial charge in [-0.05, 0) is 42.0 Å². The first-order valence-corrected chi connectivity index (χ1v) is 9.68. The molecule has 0 bridgehead atoms. The summed E-state index contributed by atoms with van der Waals surface area (Å²) in [5, 5.41) is 0. The number of nitrogens with zero attached hydrogens (tertiary/aromatic N) is 2. The molecular formula is C25H24N2O3. The van der Waals surface area contributed by atoms with Crippen LogP contribution >= 0.6 is 0 Å². The van der Waals surface area contributed by atoms with Gasteiger partial charge in [-0.15, -0.1) is 0 Å². The third-order valence-electron chi connectivity index (χ3n) is 5.02. The fraction of sp³-hybridized carbons (Fsp3) is 0.160. The first kappa shape index (κ1) is 19.6. The summed E-state index contributed by atoms with van der Waals surface area (Å²) in [5.74, 6) is 2.27. The Morgan fingerprint density at radius 2 is 1.33 bits per heavy atom. The maximum absolute atomic E-state index is 5.47. The lowest BCUT2D eigenvalue weighted by molar-refractivity contribution is 0.394. The molecule has 0 spiro atoms. The minimum Gasteiger partial charge on any atom is -0.497 e. The van der Waals surface area contributed by atoms with Crippen LogP contribution in [0.3, 0.4) is 0 Å². The average molecular weight is 400 g/mol. The van der Waals surface area contributed by atoms with Crippen molar-refractivity contribution < 1.29 is 14.2 Å². The van der Waals surface area contributed by atoms with Crippen molar-refractivity contribution in [3.05, 3.63) is 84.7 Å². The van der Waals surface area contributed by atoms with Crippen LogP contribution in [0.5, 0.6) is 17.2 Å². The Labute approximate surface area is 176 Å². The summed E-state index contributed by atoms with van der Waals surface area (Å²) in [6, 6.07) is 24.2. The van der Waals surface area contributed by atoms with Crippen LogP contribution in [0, 0.1) is 0 Å². The fourth-order valence-corrected chi connectivity index (χ4v) is 3.49. The monoisotopic (exact) mass is 400 g/mol. The second-order valence-corrected chi connectivity index (χ2v) is 6.89. The lowest BCUT2D eigenvalue weighted by Crippen LogP contribution is -2.01. The molecule has 0 unspecified atom stereocenters. The van der Waals surface area contributed by atoms with Crippen LogP contribution in [0.25, 0.3) is 22.5 Å². The zero-order chi connectivity index (χ0) is 20.9. The zero-order valence-corrected chi connectivity index (χ0v) is 17.3. The molecule has 0 fully saturated rings. The minimum atomic E-state index is 0.719. The van der Waals surface area contributed by atoms with E-state index in [1.165, 1.54) is 5.56 Å². The van der Waals surface area contributed by atoms with Gasteiger partial charge in [0.15, 0.2) is 0 Å². The number of benzene rings is 3. The normalized spacial score (nSPS) is 10.6. The van der Waals surface area contributed by atoms with E-state index in [1.807, 2.05) is 54.9 Å². The molecular weight excluding hydrogens is 376 g/mol. The van der Waals surface area contributed by atoms with Gasteiger partial charge in [-0.25, -0.2) is 4.98 Å². The van der Waals surface area contributed by atoms with Gasteiger partial charge in [-0.3, -0.25) is 0 Å². The van der Waals surface area contributed by atoms with E-state index in [1.54, 1.807) is 21.3 Å². The highest BCUT2D eigenvalue weighted by molar-refractivity contribution is 5.80. The molecule has 4 aromatic rings. The molecule has 5 nitrogen and oxygen atoms in total. The maximum Gasteiger partial charge on any atom is 0.123 e. The number of hydrogen-bond acceptors (Lipinski definition) is 4. The van der Waals surface area contributed by atoms with Gasteiger partial charge in [-0.2, -0.15) is 0 Å². The first-order valence-electron chi connectivity index (χ1n) is 9.68.